The zero-order chi connectivity index (χ0) is 9.10. The molecule has 2 aliphatic heterocycles. The van der Waals surface area contributed by atoms with Gasteiger partial charge in [0.1, 0.15) is 6.10 Å². The standard InChI is InChI=1S/C10H18O3/c1-8-4-9(2-3-12-8)5-11-6-10-7-13-10/h8-10H,2-7H2,1H3. The van der Waals surface area contributed by atoms with E-state index in [1.165, 1.54) is 0 Å². The van der Waals surface area contributed by atoms with Gasteiger partial charge in [0.05, 0.1) is 19.3 Å². The SMILES string of the molecule is CC1CC(COCC2CO2)CCO1. The monoisotopic (exact) mass is 186 g/mol. The van der Waals surface area contributed by atoms with Crippen molar-refractivity contribution in [1.82, 2.24) is 0 Å². The summed E-state index contributed by atoms with van der Waals surface area (Å²) in [4.78, 5) is 0. The minimum absolute atomic E-state index is 0.400. The molecule has 2 saturated heterocycles. The molecule has 0 saturated carbocycles. The summed E-state index contributed by atoms with van der Waals surface area (Å²) in [6.45, 7) is 5.59. The van der Waals surface area contributed by atoms with Crippen molar-refractivity contribution in [3.8, 4) is 0 Å². The Kier molecular flexibility index (Phi) is 3.19. The van der Waals surface area contributed by atoms with E-state index in [0.29, 0.717) is 18.1 Å². The summed E-state index contributed by atoms with van der Waals surface area (Å²) in [6.07, 6.45) is 3.11. The van der Waals surface area contributed by atoms with Crippen LogP contribution in [0, 0.1) is 5.92 Å². The number of epoxide rings is 1. The van der Waals surface area contributed by atoms with Crippen LogP contribution < -0.4 is 0 Å². The van der Waals surface area contributed by atoms with E-state index in [0.717, 1.165) is 39.3 Å². The molecule has 2 aliphatic rings. The van der Waals surface area contributed by atoms with E-state index in [1.807, 2.05) is 0 Å². The average Bonchev–Trinajstić information content (AvgIpc) is 2.88. The summed E-state index contributed by atoms with van der Waals surface area (Å²) in [5.41, 5.74) is 0. The quantitative estimate of drug-likeness (QED) is 0.618. The van der Waals surface area contributed by atoms with Crippen LogP contribution in [0.2, 0.25) is 0 Å². The molecule has 3 atom stereocenters. The number of rotatable bonds is 4. The van der Waals surface area contributed by atoms with Gasteiger partial charge >= 0.3 is 0 Å². The van der Waals surface area contributed by atoms with E-state index in [-0.39, 0.29) is 0 Å². The largest absolute Gasteiger partial charge is 0.378 e. The second-order valence-electron chi connectivity index (χ2n) is 4.06. The molecule has 76 valence electrons. The number of hydrogen-bond acceptors (Lipinski definition) is 3. The lowest BCUT2D eigenvalue weighted by molar-refractivity contribution is -0.0249. The normalized spacial score (nSPS) is 39.0. The molecule has 0 aromatic rings. The lowest BCUT2D eigenvalue weighted by atomic mass is 9.97. The van der Waals surface area contributed by atoms with Crippen molar-refractivity contribution in [2.45, 2.75) is 32.0 Å². The van der Waals surface area contributed by atoms with Crippen LogP contribution in [-0.4, -0.2) is 38.6 Å². The molecule has 2 fully saturated rings. The van der Waals surface area contributed by atoms with Gasteiger partial charge in [0.15, 0.2) is 0 Å². The van der Waals surface area contributed by atoms with Crippen LogP contribution in [-0.2, 0) is 14.2 Å². The first kappa shape index (κ1) is 9.44. The van der Waals surface area contributed by atoms with Crippen molar-refractivity contribution in [2.75, 3.05) is 26.4 Å². The second kappa shape index (κ2) is 4.40. The summed E-state index contributed by atoms with van der Waals surface area (Å²) < 4.78 is 16.1. The molecule has 0 aliphatic carbocycles. The lowest BCUT2D eigenvalue weighted by Crippen LogP contribution is -2.26. The molecule has 2 rings (SSSR count). The molecular formula is C10H18O3. The first-order valence-electron chi connectivity index (χ1n) is 5.15. The molecule has 3 heteroatoms. The van der Waals surface area contributed by atoms with Crippen LogP contribution in [0.25, 0.3) is 0 Å². The molecule has 0 amide bonds. The third kappa shape index (κ3) is 3.25. The van der Waals surface area contributed by atoms with Crippen LogP contribution in [0.15, 0.2) is 0 Å². The Hall–Kier alpha value is -0.120. The highest BCUT2D eigenvalue weighted by molar-refractivity contribution is 4.70. The molecule has 0 spiro atoms. The fourth-order valence-electron chi connectivity index (χ4n) is 1.77. The van der Waals surface area contributed by atoms with Crippen LogP contribution >= 0.6 is 0 Å². The van der Waals surface area contributed by atoms with E-state index in [9.17, 15) is 0 Å². The predicted octanol–water partition coefficient (Wildman–Crippen LogP) is 1.22. The van der Waals surface area contributed by atoms with E-state index in [2.05, 4.69) is 6.92 Å². The molecular weight excluding hydrogens is 168 g/mol. The van der Waals surface area contributed by atoms with Crippen LogP contribution in [0.1, 0.15) is 19.8 Å². The highest BCUT2D eigenvalue weighted by atomic mass is 16.6. The number of hydrogen-bond donors (Lipinski definition) is 0. The van der Waals surface area contributed by atoms with Gasteiger partial charge in [-0.05, 0) is 25.7 Å². The Labute approximate surface area is 79.4 Å². The van der Waals surface area contributed by atoms with Gasteiger partial charge in [-0.25, -0.2) is 0 Å². The van der Waals surface area contributed by atoms with Crippen molar-refractivity contribution >= 4 is 0 Å². The molecule has 3 nitrogen and oxygen atoms in total. The molecule has 2 heterocycles. The number of ether oxygens (including phenoxy) is 3. The van der Waals surface area contributed by atoms with Crippen LogP contribution in [0.4, 0.5) is 0 Å². The van der Waals surface area contributed by atoms with E-state index in [1.54, 1.807) is 0 Å². The minimum Gasteiger partial charge on any atom is -0.378 e. The molecule has 0 N–H and O–H groups in total. The molecule has 0 radical (unpaired) electrons. The zero-order valence-electron chi connectivity index (χ0n) is 8.20. The van der Waals surface area contributed by atoms with E-state index < -0.39 is 0 Å². The van der Waals surface area contributed by atoms with Gasteiger partial charge in [0.2, 0.25) is 0 Å². The fourth-order valence-corrected chi connectivity index (χ4v) is 1.77. The topological polar surface area (TPSA) is 31.0 Å². The molecule has 0 bridgehead atoms. The molecule has 3 unspecified atom stereocenters. The predicted molar refractivity (Wildman–Crippen MR) is 48.7 cm³/mol. The zero-order valence-corrected chi connectivity index (χ0v) is 8.20. The first-order valence-corrected chi connectivity index (χ1v) is 5.15. The smallest absolute Gasteiger partial charge is 0.104 e. The summed E-state index contributed by atoms with van der Waals surface area (Å²) >= 11 is 0. The third-order valence-electron chi connectivity index (χ3n) is 2.65. The van der Waals surface area contributed by atoms with Crippen molar-refractivity contribution in [1.29, 1.82) is 0 Å². The molecule has 13 heavy (non-hydrogen) atoms. The minimum atomic E-state index is 0.400. The average molecular weight is 186 g/mol. The Bertz CT molecular complexity index is 156. The molecule has 0 aromatic heterocycles. The van der Waals surface area contributed by atoms with Gasteiger partial charge in [0.25, 0.3) is 0 Å². The van der Waals surface area contributed by atoms with Gasteiger partial charge in [-0.2, -0.15) is 0 Å². The summed E-state index contributed by atoms with van der Waals surface area (Å²) in [6, 6.07) is 0. The molecule has 0 aromatic carbocycles. The Morgan fingerprint density at radius 3 is 2.85 bits per heavy atom. The Morgan fingerprint density at radius 2 is 2.15 bits per heavy atom. The van der Waals surface area contributed by atoms with E-state index >= 15 is 0 Å². The Morgan fingerprint density at radius 1 is 1.31 bits per heavy atom. The maximum Gasteiger partial charge on any atom is 0.104 e. The highest BCUT2D eigenvalue weighted by Gasteiger charge is 2.24. The maximum atomic E-state index is 5.56. The lowest BCUT2D eigenvalue weighted by Gasteiger charge is -2.26. The van der Waals surface area contributed by atoms with Gasteiger partial charge in [-0.1, -0.05) is 0 Å². The maximum absolute atomic E-state index is 5.56. The van der Waals surface area contributed by atoms with Crippen molar-refractivity contribution in [3.05, 3.63) is 0 Å². The van der Waals surface area contributed by atoms with Crippen molar-refractivity contribution < 1.29 is 14.2 Å². The van der Waals surface area contributed by atoms with Crippen LogP contribution in [0.5, 0.6) is 0 Å². The summed E-state index contributed by atoms with van der Waals surface area (Å²) in [7, 11) is 0. The fraction of sp³-hybridized carbons (Fsp3) is 1.00. The highest BCUT2D eigenvalue weighted by Crippen LogP contribution is 2.20. The van der Waals surface area contributed by atoms with Gasteiger partial charge in [-0.3, -0.25) is 0 Å². The van der Waals surface area contributed by atoms with Crippen molar-refractivity contribution in [3.63, 3.8) is 0 Å². The summed E-state index contributed by atoms with van der Waals surface area (Å²) in [5.74, 6) is 0.697. The summed E-state index contributed by atoms with van der Waals surface area (Å²) in [5, 5.41) is 0. The first-order chi connectivity index (χ1) is 6.34. The van der Waals surface area contributed by atoms with Crippen molar-refractivity contribution in [2.24, 2.45) is 5.92 Å². The van der Waals surface area contributed by atoms with Gasteiger partial charge in [0, 0.05) is 13.2 Å². The Balaban J connectivity index is 1.56. The second-order valence-corrected chi connectivity index (χ2v) is 4.06. The van der Waals surface area contributed by atoms with E-state index in [4.69, 9.17) is 14.2 Å². The third-order valence-corrected chi connectivity index (χ3v) is 2.65. The van der Waals surface area contributed by atoms with Crippen LogP contribution in [0.3, 0.4) is 0 Å². The van der Waals surface area contributed by atoms with Gasteiger partial charge in [-0.15, -0.1) is 0 Å². The van der Waals surface area contributed by atoms with Gasteiger partial charge < -0.3 is 14.2 Å².